The molecule has 1 aliphatic rings. The number of anilines is 2. The monoisotopic (exact) mass is 282 g/mol. The second kappa shape index (κ2) is 5.70. The van der Waals surface area contributed by atoms with Crippen LogP contribution in [0.15, 0.2) is 12.1 Å². The Bertz CT molecular complexity index is 487. The average Bonchev–Trinajstić information content (AvgIpc) is 2.25. The van der Waals surface area contributed by atoms with Crippen LogP contribution in [0.1, 0.15) is 36.5 Å². The summed E-state index contributed by atoms with van der Waals surface area (Å²) in [6.45, 7) is 2.11. The molecule has 1 aromatic carbocycles. The zero-order chi connectivity index (χ0) is 14.0. The highest BCUT2D eigenvalue weighted by Crippen LogP contribution is 2.37. The van der Waals surface area contributed by atoms with Gasteiger partial charge in [-0.05, 0) is 38.3 Å². The lowest BCUT2D eigenvalue weighted by Crippen LogP contribution is -2.38. The molecule has 5 heteroatoms. The van der Waals surface area contributed by atoms with E-state index in [2.05, 4.69) is 4.90 Å². The zero-order valence-corrected chi connectivity index (χ0v) is 12.0. The molecule has 0 unspecified atom stereocenters. The minimum Gasteiger partial charge on any atom is -0.462 e. The van der Waals surface area contributed by atoms with Crippen LogP contribution < -0.4 is 10.6 Å². The molecule has 0 aliphatic heterocycles. The Morgan fingerprint density at radius 2 is 2.21 bits per heavy atom. The van der Waals surface area contributed by atoms with Gasteiger partial charge in [0, 0.05) is 18.8 Å². The number of hydrogen-bond acceptors (Lipinski definition) is 4. The summed E-state index contributed by atoms with van der Waals surface area (Å²) in [5, 5.41) is 0.498. The highest BCUT2D eigenvalue weighted by Gasteiger charge is 2.27. The third-order valence-corrected chi connectivity index (χ3v) is 3.84. The number of carbonyl (C=O) groups is 1. The Hall–Kier alpha value is -1.42. The fraction of sp³-hybridized carbons (Fsp3) is 0.500. The predicted molar refractivity (Wildman–Crippen MR) is 77.9 cm³/mol. The lowest BCUT2D eigenvalue weighted by molar-refractivity contribution is 0.0527. The maximum atomic E-state index is 12.0. The van der Waals surface area contributed by atoms with Crippen molar-refractivity contribution < 1.29 is 9.53 Å². The Labute approximate surface area is 118 Å². The lowest BCUT2D eigenvalue weighted by Gasteiger charge is -2.37. The third-order valence-electron chi connectivity index (χ3n) is 3.56. The molecule has 1 aliphatic carbocycles. The zero-order valence-electron chi connectivity index (χ0n) is 11.3. The van der Waals surface area contributed by atoms with Gasteiger partial charge in [0.05, 0.1) is 22.9 Å². The molecule has 19 heavy (non-hydrogen) atoms. The quantitative estimate of drug-likeness (QED) is 0.681. The minimum absolute atomic E-state index is 0.331. The number of nitrogens with two attached hydrogens (primary N) is 1. The first kappa shape index (κ1) is 14.0. The van der Waals surface area contributed by atoms with E-state index < -0.39 is 0 Å². The van der Waals surface area contributed by atoms with Crippen LogP contribution in [-0.2, 0) is 4.74 Å². The number of carbonyl (C=O) groups excluding carboxylic acids is 1. The van der Waals surface area contributed by atoms with Crippen LogP contribution in [0.4, 0.5) is 11.4 Å². The first-order valence-corrected chi connectivity index (χ1v) is 6.91. The van der Waals surface area contributed by atoms with E-state index in [0.29, 0.717) is 28.9 Å². The van der Waals surface area contributed by atoms with Gasteiger partial charge in [-0.15, -0.1) is 0 Å². The normalized spacial score (nSPS) is 14.9. The number of esters is 1. The van der Waals surface area contributed by atoms with Crippen molar-refractivity contribution in [3.05, 3.63) is 22.7 Å². The molecule has 104 valence electrons. The molecule has 1 saturated carbocycles. The van der Waals surface area contributed by atoms with Crippen molar-refractivity contribution in [2.45, 2.75) is 32.2 Å². The number of hydrogen-bond donors (Lipinski definition) is 1. The lowest BCUT2D eigenvalue weighted by atomic mass is 9.91. The van der Waals surface area contributed by atoms with Crippen LogP contribution in [0.2, 0.25) is 5.02 Å². The Balaban J connectivity index is 2.41. The van der Waals surface area contributed by atoms with E-state index in [4.69, 9.17) is 22.1 Å². The summed E-state index contributed by atoms with van der Waals surface area (Å²) < 4.78 is 5.08. The molecule has 2 N–H and O–H groups in total. The molecule has 0 saturated heterocycles. The van der Waals surface area contributed by atoms with E-state index in [-0.39, 0.29) is 5.97 Å². The predicted octanol–water partition coefficient (Wildman–Crippen LogP) is 3.09. The van der Waals surface area contributed by atoms with Crippen molar-refractivity contribution >= 4 is 28.9 Å². The van der Waals surface area contributed by atoms with Gasteiger partial charge in [0.25, 0.3) is 0 Å². The number of nitrogen functional groups attached to an aromatic ring is 1. The Kier molecular flexibility index (Phi) is 4.20. The summed E-state index contributed by atoms with van der Waals surface area (Å²) in [6.07, 6.45) is 3.47. The van der Waals surface area contributed by atoms with Crippen molar-refractivity contribution in [2.24, 2.45) is 0 Å². The van der Waals surface area contributed by atoms with Crippen LogP contribution in [0, 0.1) is 0 Å². The van der Waals surface area contributed by atoms with Crippen molar-refractivity contribution in [1.29, 1.82) is 0 Å². The van der Waals surface area contributed by atoms with Crippen LogP contribution in [0.25, 0.3) is 0 Å². The van der Waals surface area contributed by atoms with Gasteiger partial charge in [0.2, 0.25) is 0 Å². The molecule has 0 radical (unpaired) electrons. The van der Waals surface area contributed by atoms with Crippen LogP contribution in [-0.4, -0.2) is 25.7 Å². The smallest absolute Gasteiger partial charge is 0.340 e. The Morgan fingerprint density at radius 1 is 1.53 bits per heavy atom. The van der Waals surface area contributed by atoms with Gasteiger partial charge in [-0.25, -0.2) is 4.79 Å². The van der Waals surface area contributed by atoms with E-state index in [1.165, 1.54) is 6.42 Å². The average molecular weight is 283 g/mol. The summed E-state index contributed by atoms with van der Waals surface area (Å²) >= 11 is 6.27. The van der Waals surface area contributed by atoms with Gasteiger partial charge >= 0.3 is 5.97 Å². The molecule has 0 atom stereocenters. The highest BCUT2D eigenvalue weighted by atomic mass is 35.5. The Morgan fingerprint density at radius 3 is 2.74 bits per heavy atom. The van der Waals surface area contributed by atoms with Gasteiger partial charge in [-0.1, -0.05) is 11.6 Å². The standard InChI is InChI=1S/C14H19ClN2O2/c1-3-19-14(18)11-7-9(16)8-12(15)13(11)17(2)10-5-4-6-10/h7-8,10H,3-6,16H2,1-2H3. The molecular formula is C14H19ClN2O2. The van der Waals surface area contributed by atoms with Crippen LogP contribution in [0.5, 0.6) is 0 Å². The summed E-state index contributed by atoms with van der Waals surface area (Å²) in [6, 6.07) is 3.75. The number of nitrogens with zero attached hydrogens (tertiary/aromatic N) is 1. The summed E-state index contributed by atoms with van der Waals surface area (Å²) in [4.78, 5) is 14.1. The minimum atomic E-state index is -0.377. The summed E-state index contributed by atoms with van der Waals surface area (Å²) in [5.74, 6) is -0.377. The van der Waals surface area contributed by atoms with Crippen molar-refractivity contribution in [2.75, 3.05) is 24.3 Å². The van der Waals surface area contributed by atoms with Gasteiger partial charge in [0.15, 0.2) is 0 Å². The van der Waals surface area contributed by atoms with E-state index in [1.807, 2.05) is 7.05 Å². The molecule has 0 aromatic heterocycles. The van der Waals surface area contributed by atoms with Gasteiger partial charge in [-0.3, -0.25) is 0 Å². The van der Waals surface area contributed by atoms with E-state index >= 15 is 0 Å². The fourth-order valence-corrected chi connectivity index (χ4v) is 2.66. The molecule has 1 aromatic rings. The number of ether oxygens (including phenoxy) is 1. The van der Waals surface area contributed by atoms with Crippen molar-refractivity contribution in [3.63, 3.8) is 0 Å². The van der Waals surface area contributed by atoms with Gasteiger partial charge in [-0.2, -0.15) is 0 Å². The first-order chi connectivity index (χ1) is 9.04. The van der Waals surface area contributed by atoms with E-state index in [0.717, 1.165) is 18.5 Å². The molecule has 0 heterocycles. The number of rotatable bonds is 4. The molecule has 0 amide bonds. The SMILES string of the molecule is CCOC(=O)c1cc(N)cc(Cl)c1N(C)C1CCC1. The van der Waals surface area contributed by atoms with Gasteiger partial charge < -0.3 is 15.4 Å². The number of halogens is 1. The molecule has 0 spiro atoms. The van der Waals surface area contributed by atoms with Crippen molar-refractivity contribution in [3.8, 4) is 0 Å². The first-order valence-electron chi connectivity index (χ1n) is 6.53. The molecule has 4 nitrogen and oxygen atoms in total. The molecule has 1 fully saturated rings. The maximum absolute atomic E-state index is 12.0. The van der Waals surface area contributed by atoms with Crippen LogP contribution >= 0.6 is 11.6 Å². The molecule has 0 bridgehead atoms. The van der Waals surface area contributed by atoms with Gasteiger partial charge in [0.1, 0.15) is 0 Å². The summed E-state index contributed by atoms with van der Waals surface area (Å²) in [7, 11) is 1.96. The van der Waals surface area contributed by atoms with Crippen LogP contribution in [0.3, 0.4) is 0 Å². The topological polar surface area (TPSA) is 55.6 Å². The van der Waals surface area contributed by atoms with Crippen molar-refractivity contribution in [1.82, 2.24) is 0 Å². The highest BCUT2D eigenvalue weighted by molar-refractivity contribution is 6.34. The summed E-state index contributed by atoms with van der Waals surface area (Å²) in [5.41, 5.74) is 7.41. The molecular weight excluding hydrogens is 264 g/mol. The maximum Gasteiger partial charge on any atom is 0.340 e. The fourth-order valence-electron chi connectivity index (χ4n) is 2.30. The van der Waals surface area contributed by atoms with E-state index in [1.54, 1.807) is 19.1 Å². The largest absolute Gasteiger partial charge is 0.462 e. The second-order valence-corrected chi connectivity index (χ2v) is 5.22. The third kappa shape index (κ3) is 2.78. The second-order valence-electron chi connectivity index (χ2n) is 4.81. The molecule has 2 rings (SSSR count). The number of benzene rings is 1. The van der Waals surface area contributed by atoms with E-state index in [9.17, 15) is 4.79 Å².